The third-order valence-electron chi connectivity index (χ3n) is 4.23. The standard InChI is InChI=1S/C21H21BrN4O3S/c1-14(27)23-11-10-20-24-25-21(26(20)17-4-3-5-18(12-17)29-2)30-13-19(28)15-6-8-16(22)9-7-15/h3-9,12H,10-11,13H2,1-2H3,(H,23,27). The van der Waals surface area contributed by atoms with Crippen molar-refractivity contribution in [2.45, 2.75) is 18.5 Å². The topological polar surface area (TPSA) is 86.1 Å². The van der Waals surface area contributed by atoms with E-state index < -0.39 is 0 Å². The molecule has 0 aliphatic rings. The van der Waals surface area contributed by atoms with Gasteiger partial charge < -0.3 is 10.1 Å². The number of nitrogens with zero attached hydrogens (tertiary/aromatic N) is 3. The Bertz CT molecular complexity index is 1040. The lowest BCUT2D eigenvalue weighted by molar-refractivity contribution is -0.118. The van der Waals surface area contributed by atoms with E-state index >= 15 is 0 Å². The Morgan fingerprint density at radius 3 is 2.63 bits per heavy atom. The lowest BCUT2D eigenvalue weighted by atomic mass is 10.2. The number of nitrogens with one attached hydrogen (secondary N) is 1. The van der Waals surface area contributed by atoms with Gasteiger partial charge in [-0.2, -0.15) is 0 Å². The molecular formula is C21H21BrN4O3S. The van der Waals surface area contributed by atoms with Crippen molar-refractivity contribution in [1.82, 2.24) is 20.1 Å². The van der Waals surface area contributed by atoms with Crippen LogP contribution in [0.1, 0.15) is 23.1 Å². The molecule has 7 nitrogen and oxygen atoms in total. The molecule has 0 aliphatic carbocycles. The Labute approximate surface area is 187 Å². The highest BCUT2D eigenvalue weighted by molar-refractivity contribution is 9.10. The van der Waals surface area contributed by atoms with Crippen molar-refractivity contribution in [2.24, 2.45) is 0 Å². The van der Waals surface area contributed by atoms with E-state index in [0.29, 0.717) is 35.3 Å². The minimum atomic E-state index is -0.0999. The summed E-state index contributed by atoms with van der Waals surface area (Å²) in [6, 6.07) is 14.8. The molecule has 1 amide bonds. The summed E-state index contributed by atoms with van der Waals surface area (Å²) in [5.41, 5.74) is 1.47. The maximum Gasteiger partial charge on any atom is 0.216 e. The molecular weight excluding hydrogens is 468 g/mol. The van der Waals surface area contributed by atoms with Crippen molar-refractivity contribution in [2.75, 3.05) is 19.4 Å². The first kappa shape index (κ1) is 22.0. The van der Waals surface area contributed by atoms with Crippen LogP contribution >= 0.6 is 27.7 Å². The Morgan fingerprint density at radius 2 is 1.93 bits per heavy atom. The first-order valence-corrected chi connectivity index (χ1v) is 11.0. The molecule has 3 aromatic rings. The average Bonchev–Trinajstić information content (AvgIpc) is 3.15. The summed E-state index contributed by atoms with van der Waals surface area (Å²) in [5.74, 6) is 1.53. The van der Waals surface area contributed by atoms with Crippen LogP contribution in [0, 0.1) is 0 Å². The molecule has 1 aromatic heterocycles. The average molecular weight is 489 g/mol. The number of halogens is 1. The number of carbonyl (C=O) groups is 2. The summed E-state index contributed by atoms with van der Waals surface area (Å²) in [6.07, 6.45) is 0.505. The van der Waals surface area contributed by atoms with Crippen LogP contribution in [0.15, 0.2) is 58.2 Å². The highest BCUT2D eigenvalue weighted by Gasteiger charge is 2.17. The third kappa shape index (κ3) is 5.70. The van der Waals surface area contributed by atoms with Gasteiger partial charge in [0.2, 0.25) is 5.91 Å². The Hall–Kier alpha value is -2.65. The van der Waals surface area contributed by atoms with Gasteiger partial charge in [-0.3, -0.25) is 14.2 Å². The number of hydrogen-bond acceptors (Lipinski definition) is 6. The second kappa shape index (κ2) is 10.4. The van der Waals surface area contributed by atoms with E-state index in [1.165, 1.54) is 18.7 Å². The second-order valence-corrected chi connectivity index (χ2v) is 8.25. The maximum atomic E-state index is 12.6. The van der Waals surface area contributed by atoms with Crippen LogP contribution in [0.25, 0.3) is 5.69 Å². The van der Waals surface area contributed by atoms with Crippen molar-refractivity contribution in [1.29, 1.82) is 0 Å². The van der Waals surface area contributed by atoms with Gasteiger partial charge in [-0.25, -0.2) is 0 Å². The fourth-order valence-electron chi connectivity index (χ4n) is 2.76. The molecule has 0 bridgehead atoms. The number of carbonyl (C=O) groups excluding carboxylic acids is 2. The summed E-state index contributed by atoms with van der Waals surface area (Å²) >= 11 is 4.70. The van der Waals surface area contributed by atoms with Crippen LogP contribution in [-0.2, 0) is 11.2 Å². The number of benzene rings is 2. The molecule has 156 valence electrons. The number of hydrogen-bond donors (Lipinski definition) is 1. The smallest absolute Gasteiger partial charge is 0.216 e. The molecule has 1 N–H and O–H groups in total. The molecule has 9 heteroatoms. The van der Waals surface area contributed by atoms with Gasteiger partial charge in [-0.05, 0) is 24.3 Å². The van der Waals surface area contributed by atoms with Gasteiger partial charge in [0.15, 0.2) is 10.9 Å². The minimum Gasteiger partial charge on any atom is -0.497 e. The largest absolute Gasteiger partial charge is 0.497 e. The molecule has 2 aromatic carbocycles. The molecule has 0 saturated carbocycles. The number of ketones is 1. The predicted molar refractivity (Wildman–Crippen MR) is 119 cm³/mol. The van der Waals surface area contributed by atoms with Crippen LogP contribution in [-0.4, -0.2) is 45.9 Å². The summed E-state index contributed by atoms with van der Waals surface area (Å²) in [6.45, 7) is 1.92. The summed E-state index contributed by atoms with van der Waals surface area (Å²) in [4.78, 5) is 23.8. The summed E-state index contributed by atoms with van der Waals surface area (Å²) < 4.78 is 8.15. The first-order valence-electron chi connectivity index (χ1n) is 9.22. The van der Waals surface area contributed by atoms with Gasteiger partial charge in [0.1, 0.15) is 11.6 Å². The van der Waals surface area contributed by atoms with Crippen molar-refractivity contribution in [3.63, 3.8) is 0 Å². The molecule has 0 saturated heterocycles. The first-order chi connectivity index (χ1) is 14.5. The van der Waals surface area contributed by atoms with Crippen molar-refractivity contribution in [3.05, 3.63) is 64.4 Å². The zero-order valence-corrected chi connectivity index (χ0v) is 19.0. The number of aromatic nitrogens is 3. The molecule has 0 atom stereocenters. The highest BCUT2D eigenvalue weighted by atomic mass is 79.9. The fourth-order valence-corrected chi connectivity index (χ4v) is 3.89. The minimum absolute atomic E-state index is 0.00693. The van der Waals surface area contributed by atoms with Gasteiger partial charge in [0, 0.05) is 36.0 Å². The number of amides is 1. The third-order valence-corrected chi connectivity index (χ3v) is 5.69. The fraction of sp³-hybridized carbons (Fsp3) is 0.238. The predicted octanol–water partition coefficient (Wildman–Crippen LogP) is 3.69. The molecule has 0 spiro atoms. The zero-order chi connectivity index (χ0) is 21.5. The van der Waals surface area contributed by atoms with E-state index in [1.54, 1.807) is 19.2 Å². The molecule has 0 unspecified atom stereocenters. The second-order valence-electron chi connectivity index (χ2n) is 6.39. The van der Waals surface area contributed by atoms with Crippen LogP contribution in [0.2, 0.25) is 0 Å². The summed E-state index contributed by atoms with van der Waals surface area (Å²) in [5, 5.41) is 12.0. The molecule has 0 radical (unpaired) electrons. The van der Waals surface area contributed by atoms with E-state index in [2.05, 4.69) is 31.4 Å². The van der Waals surface area contributed by atoms with Gasteiger partial charge in [0.05, 0.1) is 18.6 Å². The summed E-state index contributed by atoms with van der Waals surface area (Å²) in [7, 11) is 1.61. The van der Waals surface area contributed by atoms with Crippen molar-refractivity contribution >= 4 is 39.4 Å². The molecule has 0 fully saturated rings. The van der Waals surface area contributed by atoms with E-state index in [0.717, 1.165) is 10.2 Å². The molecule has 30 heavy (non-hydrogen) atoms. The lowest BCUT2D eigenvalue weighted by Gasteiger charge is -2.11. The van der Waals surface area contributed by atoms with Crippen molar-refractivity contribution in [3.8, 4) is 11.4 Å². The zero-order valence-electron chi connectivity index (χ0n) is 16.6. The van der Waals surface area contributed by atoms with Crippen LogP contribution in [0.3, 0.4) is 0 Å². The van der Waals surface area contributed by atoms with Crippen LogP contribution < -0.4 is 10.1 Å². The molecule has 0 aliphatic heterocycles. The van der Waals surface area contributed by atoms with Crippen LogP contribution in [0.5, 0.6) is 5.75 Å². The number of Topliss-reactive ketones (excluding diaryl/α,β-unsaturated/α-hetero) is 1. The lowest BCUT2D eigenvalue weighted by Crippen LogP contribution is -2.23. The van der Waals surface area contributed by atoms with Gasteiger partial charge >= 0.3 is 0 Å². The maximum absolute atomic E-state index is 12.6. The monoisotopic (exact) mass is 488 g/mol. The van der Waals surface area contributed by atoms with Crippen molar-refractivity contribution < 1.29 is 14.3 Å². The Balaban J connectivity index is 1.83. The SMILES string of the molecule is COc1cccc(-n2c(CCNC(C)=O)nnc2SCC(=O)c2ccc(Br)cc2)c1. The molecule has 3 rings (SSSR count). The number of thioether (sulfide) groups is 1. The van der Waals surface area contributed by atoms with E-state index in [9.17, 15) is 9.59 Å². The Kier molecular flexibility index (Phi) is 7.64. The van der Waals surface area contributed by atoms with Gasteiger partial charge in [-0.1, -0.05) is 45.9 Å². The number of ether oxygens (including phenoxy) is 1. The van der Waals surface area contributed by atoms with E-state index in [4.69, 9.17) is 4.74 Å². The Morgan fingerprint density at radius 1 is 1.17 bits per heavy atom. The van der Waals surface area contributed by atoms with E-state index in [-0.39, 0.29) is 17.4 Å². The normalized spacial score (nSPS) is 10.6. The highest BCUT2D eigenvalue weighted by Crippen LogP contribution is 2.25. The van der Waals surface area contributed by atoms with E-state index in [1.807, 2.05) is 41.0 Å². The quantitative estimate of drug-likeness (QED) is 0.365. The number of methoxy groups -OCH3 is 1. The van der Waals surface area contributed by atoms with Gasteiger partial charge in [-0.15, -0.1) is 10.2 Å². The van der Waals surface area contributed by atoms with Crippen LogP contribution in [0.4, 0.5) is 0 Å². The number of rotatable bonds is 9. The molecule has 1 heterocycles. The van der Waals surface area contributed by atoms with Gasteiger partial charge in [0.25, 0.3) is 0 Å².